The molecule has 1 aliphatic carbocycles. The minimum absolute atomic E-state index is 0.00531. The Balaban J connectivity index is 1.26. The number of carbonyl (C=O) groups excluding carboxylic acids is 1. The molecule has 1 saturated heterocycles. The Hall–Kier alpha value is -3.39. The topological polar surface area (TPSA) is 97.0 Å². The molecule has 4 aromatic rings. The van der Waals surface area contributed by atoms with Gasteiger partial charge in [0.2, 0.25) is 17.6 Å². The number of H-pyrrole nitrogens is 1. The van der Waals surface area contributed by atoms with E-state index in [2.05, 4.69) is 15.1 Å². The van der Waals surface area contributed by atoms with Crippen molar-refractivity contribution >= 4 is 34.2 Å². The summed E-state index contributed by atoms with van der Waals surface area (Å²) in [7, 11) is 0. The van der Waals surface area contributed by atoms with Crippen LogP contribution in [0.2, 0.25) is 5.02 Å². The second kappa shape index (κ2) is 7.88. The molecule has 0 spiro atoms. The fourth-order valence-corrected chi connectivity index (χ4v) is 5.26. The Morgan fingerprint density at radius 1 is 1.09 bits per heavy atom. The third kappa shape index (κ3) is 3.54. The fraction of sp³-hybridized carbons (Fsp3) is 0.333. The first-order valence-electron chi connectivity index (χ1n) is 11.2. The van der Waals surface area contributed by atoms with Gasteiger partial charge in [0.1, 0.15) is 0 Å². The molecule has 2 aromatic heterocycles. The van der Waals surface area contributed by atoms with E-state index in [0.29, 0.717) is 29.7 Å². The summed E-state index contributed by atoms with van der Waals surface area (Å²) in [5.74, 6) is 0.675. The van der Waals surface area contributed by atoms with Gasteiger partial charge in [-0.05, 0) is 49.2 Å². The Labute approximate surface area is 194 Å². The fourth-order valence-electron chi connectivity index (χ4n) is 5.08. The summed E-state index contributed by atoms with van der Waals surface area (Å²) >= 11 is 6.08. The van der Waals surface area contributed by atoms with Crippen LogP contribution in [-0.4, -0.2) is 32.1 Å². The minimum atomic E-state index is -0.190. The lowest BCUT2D eigenvalue weighted by atomic mass is 10.1. The van der Waals surface area contributed by atoms with E-state index in [4.69, 9.17) is 16.1 Å². The van der Waals surface area contributed by atoms with Crippen molar-refractivity contribution in [2.24, 2.45) is 0 Å². The Morgan fingerprint density at radius 3 is 2.76 bits per heavy atom. The number of hydrogen-bond donors (Lipinski definition) is 1. The smallest absolute Gasteiger partial charge is 0.326 e. The third-order valence-electron chi connectivity index (χ3n) is 6.70. The predicted molar refractivity (Wildman–Crippen MR) is 125 cm³/mol. The highest BCUT2D eigenvalue weighted by atomic mass is 35.5. The largest absolute Gasteiger partial charge is 0.339 e. The molecular weight excluding hydrogens is 442 g/mol. The Kier molecular flexibility index (Phi) is 4.83. The number of nitrogens with one attached hydrogen (secondary N) is 1. The van der Waals surface area contributed by atoms with Gasteiger partial charge in [0.15, 0.2) is 0 Å². The highest BCUT2D eigenvalue weighted by molar-refractivity contribution is 6.30. The first kappa shape index (κ1) is 20.2. The normalized spacial score (nSPS) is 19.2. The van der Waals surface area contributed by atoms with Gasteiger partial charge in [-0.15, -0.1) is 0 Å². The van der Waals surface area contributed by atoms with Gasteiger partial charge < -0.3 is 14.4 Å². The van der Waals surface area contributed by atoms with E-state index in [1.807, 2.05) is 34.9 Å². The molecule has 3 heterocycles. The highest BCUT2D eigenvalue weighted by Gasteiger charge is 2.35. The number of hydrogen-bond acceptors (Lipinski definition) is 5. The third-order valence-corrected chi connectivity index (χ3v) is 6.94. The van der Waals surface area contributed by atoms with Crippen molar-refractivity contribution in [1.29, 1.82) is 0 Å². The highest BCUT2D eigenvalue weighted by Crippen LogP contribution is 2.34. The number of anilines is 1. The van der Waals surface area contributed by atoms with Crippen LogP contribution in [0, 0.1) is 0 Å². The second-order valence-electron chi connectivity index (χ2n) is 8.81. The molecule has 2 aliphatic rings. The van der Waals surface area contributed by atoms with Crippen molar-refractivity contribution in [2.45, 2.75) is 44.1 Å². The van der Waals surface area contributed by atoms with Crippen molar-refractivity contribution < 1.29 is 9.32 Å². The molecule has 1 amide bonds. The van der Waals surface area contributed by atoms with Crippen LogP contribution in [0.25, 0.3) is 22.4 Å². The monoisotopic (exact) mass is 463 g/mol. The first-order chi connectivity index (χ1) is 16.1. The molecule has 33 heavy (non-hydrogen) atoms. The molecular formula is C24H22ClN5O3. The maximum Gasteiger partial charge on any atom is 0.326 e. The number of imidazole rings is 1. The summed E-state index contributed by atoms with van der Waals surface area (Å²) in [5.41, 5.74) is 3.11. The van der Waals surface area contributed by atoms with Gasteiger partial charge in [-0.3, -0.25) is 9.36 Å². The summed E-state index contributed by atoms with van der Waals surface area (Å²) in [6, 6.07) is 13.2. The van der Waals surface area contributed by atoms with E-state index in [1.165, 1.54) is 0 Å². The molecule has 0 bridgehead atoms. The van der Waals surface area contributed by atoms with Crippen LogP contribution in [0.4, 0.5) is 5.69 Å². The van der Waals surface area contributed by atoms with E-state index in [-0.39, 0.29) is 23.6 Å². The number of halogens is 1. The van der Waals surface area contributed by atoms with Crippen LogP contribution in [0.5, 0.6) is 0 Å². The maximum absolute atomic E-state index is 12.6. The molecule has 2 fully saturated rings. The number of benzene rings is 2. The van der Waals surface area contributed by atoms with Crippen LogP contribution in [0.15, 0.2) is 51.8 Å². The Bertz CT molecular complexity index is 1410. The molecule has 1 N–H and O–H groups in total. The average molecular weight is 464 g/mol. The number of rotatable bonds is 4. The van der Waals surface area contributed by atoms with E-state index in [1.54, 1.807) is 17.0 Å². The van der Waals surface area contributed by atoms with E-state index in [0.717, 1.165) is 48.0 Å². The van der Waals surface area contributed by atoms with Gasteiger partial charge in [-0.2, -0.15) is 4.98 Å². The van der Waals surface area contributed by atoms with Crippen molar-refractivity contribution in [2.75, 3.05) is 11.4 Å². The summed E-state index contributed by atoms with van der Waals surface area (Å²) in [6.45, 7) is 0.456. The van der Waals surface area contributed by atoms with Crippen LogP contribution < -0.4 is 10.6 Å². The van der Waals surface area contributed by atoms with Gasteiger partial charge in [0, 0.05) is 35.3 Å². The molecule has 1 atom stereocenters. The van der Waals surface area contributed by atoms with Crippen molar-refractivity contribution in [1.82, 2.24) is 19.7 Å². The zero-order valence-corrected chi connectivity index (χ0v) is 18.6. The van der Waals surface area contributed by atoms with Gasteiger partial charge >= 0.3 is 5.69 Å². The summed E-state index contributed by atoms with van der Waals surface area (Å²) in [5, 5.41) is 4.73. The lowest BCUT2D eigenvalue weighted by Crippen LogP contribution is -2.24. The zero-order chi connectivity index (χ0) is 22.5. The average Bonchev–Trinajstić information content (AvgIpc) is 3.58. The maximum atomic E-state index is 12.6. The number of aromatic amines is 1. The summed E-state index contributed by atoms with van der Waals surface area (Å²) in [4.78, 5) is 34.4. The number of aromatic nitrogens is 4. The summed E-state index contributed by atoms with van der Waals surface area (Å²) in [6.07, 6.45) is 4.69. The molecule has 0 radical (unpaired) electrons. The van der Waals surface area contributed by atoms with Gasteiger partial charge in [-0.25, -0.2) is 4.79 Å². The van der Waals surface area contributed by atoms with E-state index >= 15 is 0 Å². The molecule has 2 aromatic carbocycles. The SMILES string of the molecule is O=C1CC(c2nc(-c3ccc4c(c3)[nH]c(=O)n4C3CCCC3)no2)CN1c1cccc(Cl)c1. The number of carbonyl (C=O) groups is 1. The van der Waals surface area contributed by atoms with Crippen LogP contribution in [0.3, 0.4) is 0 Å². The minimum Gasteiger partial charge on any atom is -0.339 e. The summed E-state index contributed by atoms with van der Waals surface area (Å²) < 4.78 is 7.42. The van der Waals surface area contributed by atoms with Gasteiger partial charge in [0.25, 0.3) is 0 Å². The van der Waals surface area contributed by atoms with Gasteiger partial charge in [0.05, 0.1) is 17.0 Å². The molecule has 168 valence electrons. The quantitative estimate of drug-likeness (QED) is 0.474. The second-order valence-corrected chi connectivity index (χ2v) is 9.25. The van der Waals surface area contributed by atoms with Crippen molar-refractivity contribution in [3.05, 3.63) is 63.9 Å². The number of fused-ring (bicyclic) bond motifs is 1. The number of nitrogens with zero attached hydrogens (tertiary/aromatic N) is 4. The lowest BCUT2D eigenvalue weighted by Gasteiger charge is -2.16. The molecule has 6 rings (SSSR count). The molecule has 1 unspecified atom stereocenters. The van der Waals surface area contributed by atoms with Crippen molar-refractivity contribution in [3.63, 3.8) is 0 Å². The predicted octanol–water partition coefficient (Wildman–Crippen LogP) is 4.67. The molecule has 9 heteroatoms. The molecule has 1 saturated carbocycles. The lowest BCUT2D eigenvalue weighted by molar-refractivity contribution is -0.117. The van der Waals surface area contributed by atoms with E-state index in [9.17, 15) is 9.59 Å². The standard InChI is InChI=1S/C24H22ClN5O3/c25-16-4-3-7-18(12-16)29-13-15(11-21(29)31)23-27-22(28-33-23)14-8-9-20-19(10-14)26-24(32)30(20)17-5-1-2-6-17/h3-4,7-10,12,15,17H,1-2,5-6,11,13H2,(H,26,32). The van der Waals surface area contributed by atoms with Crippen LogP contribution in [0.1, 0.15) is 50.0 Å². The Morgan fingerprint density at radius 2 is 1.94 bits per heavy atom. The molecule has 8 nitrogen and oxygen atoms in total. The molecule has 1 aliphatic heterocycles. The van der Waals surface area contributed by atoms with Crippen LogP contribution in [-0.2, 0) is 4.79 Å². The first-order valence-corrected chi connectivity index (χ1v) is 11.6. The van der Waals surface area contributed by atoms with E-state index < -0.39 is 0 Å². The van der Waals surface area contributed by atoms with Crippen LogP contribution >= 0.6 is 11.6 Å². The van der Waals surface area contributed by atoms with Gasteiger partial charge in [-0.1, -0.05) is 35.7 Å². The zero-order valence-electron chi connectivity index (χ0n) is 17.8. The number of amides is 1. The van der Waals surface area contributed by atoms with Crippen molar-refractivity contribution in [3.8, 4) is 11.4 Å².